The quantitative estimate of drug-likeness (QED) is 0.501. The lowest BCUT2D eigenvalue weighted by molar-refractivity contribution is -0.140. The van der Waals surface area contributed by atoms with E-state index in [1.165, 1.54) is 18.9 Å². The Balaban J connectivity index is 2.20. The summed E-state index contributed by atoms with van der Waals surface area (Å²) in [5, 5.41) is 10.3. The van der Waals surface area contributed by atoms with Crippen molar-refractivity contribution < 1.29 is 23.3 Å². The van der Waals surface area contributed by atoms with Crippen molar-refractivity contribution in [1.29, 1.82) is 0 Å². The molecule has 8 heteroatoms. The normalized spacial score (nSPS) is 16.1. The fourth-order valence-electron chi connectivity index (χ4n) is 2.25. The average molecular weight is 314 g/mol. The van der Waals surface area contributed by atoms with Crippen LogP contribution in [0.15, 0.2) is 17.0 Å². The van der Waals surface area contributed by atoms with Crippen LogP contribution >= 0.6 is 11.8 Å². The van der Waals surface area contributed by atoms with Crippen LogP contribution < -0.4 is 10.6 Å². The Kier molecular flexibility index (Phi) is 4.58. The van der Waals surface area contributed by atoms with Crippen molar-refractivity contribution in [3.63, 3.8) is 0 Å². The number of benzene rings is 1. The molecule has 0 aliphatic carbocycles. The first-order valence-electron chi connectivity index (χ1n) is 6.25. The third kappa shape index (κ3) is 2.93. The van der Waals surface area contributed by atoms with E-state index in [1.54, 1.807) is 12.1 Å². The zero-order valence-corrected chi connectivity index (χ0v) is 13.4. The molecule has 0 saturated carbocycles. The molecule has 2 rings (SSSR count). The molecule has 0 radical (unpaired) electrons. The van der Waals surface area contributed by atoms with E-state index < -0.39 is 15.4 Å². The van der Waals surface area contributed by atoms with Crippen molar-refractivity contribution in [2.75, 3.05) is 12.9 Å². The molecule has 1 aromatic rings. The lowest BCUT2D eigenvalue weighted by Crippen LogP contribution is -2.46. The Labute approximate surface area is 122 Å². The Morgan fingerprint density at radius 2 is 2.25 bits per heavy atom. The maximum Gasteiger partial charge on any atom is 0.480 e. The highest BCUT2D eigenvalue weighted by atomic mass is 32.2. The standard InChI is InChI=1S/C12H16BFO4SSi/c1-17-10(15)6-7-19-9-5-4-8-12(11(9)14)20(2,3)18-13(8)16/h4-5,16H,6-7H2,1-3H3. The minimum absolute atomic E-state index is 0.234. The summed E-state index contributed by atoms with van der Waals surface area (Å²) in [6, 6.07) is 3.32. The zero-order chi connectivity index (χ0) is 14.9. The van der Waals surface area contributed by atoms with Gasteiger partial charge in [0.2, 0.25) is 8.32 Å². The second-order valence-electron chi connectivity index (χ2n) is 5.00. The van der Waals surface area contributed by atoms with Gasteiger partial charge in [0.05, 0.1) is 13.5 Å². The molecule has 0 unspecified atom stereocenters. The maximum atomic E-state index is 14.6. The van der Waals surface area contributed by atoms with Crippen LogP contribution in [0, 0.1) is 5.82 Å². The minimum Gasteiger partial charge on any atom is -0.469 e. The summed E-state index contributed by atoms with van der Waals surface area (Å²) in [7, 11) is -2.10. The highest BCUT2D eigenvalue weighted by Crippen LogP contribution is 2.24. The number of hydrogen-bond acceptors (Lipinski definition) is 5. The highest BCUT2D eigenvalue weighted by molar-refractivity contribution is 7.99. The van der Waals surface area contributed by atoms with E-state index in [-0.39, 0.29) is 18.2 Å². The highest BCUT2D eigenvalue weighted by Gasteiger charge is 2.45. The van der Waals surface area contributed by atoms with Crippen molar-refractivity contribution in [2.24, 2.45) is 0 Å². The third-order valence-corrected chi connectivity index (χ3v) is 6.76. The lowest BCUT2D eigenvalue weighted by atomic mass is 9.80. The summed E-state index contributed by atoms with van der Waals surface area (Å²) in [5.74, 6) is -0.188. The first-order chi connectivity index (χ1) is 9.36. The molecule has 0 fully saturated rings. The Morgan fingerprint density at radius 3 is 2.90 bits per heavy atom. The third-order valence-electron chi connectivity index (χ3n) is 3.20. The average Bonchev–Trinajstić information content (AvgIpc) is 2.62. The minimum atomic E-state index is -2.40. The van der Waals surface area contributed by atoms with Gasteiger partial charge in [-0.2, -0.15) is 0 Å². The van der Waals surface area contributed by atoms with Crippen LogP contribution in [0.1, 0.15) is 6.42 Å². The Bertz CT molecular complexity index is 540. The van der Waals surface area contributed by atoms with Crippen molar-refractivity contribution in [3.05, 3.63) is 17.9 Å². The van der Waals surface area contributed by atoms with Crippen molar-refractivity contribution >= 4 is 43.8 Å². The van der Waals surface area contributed by atoms with Crippen LogP contribution in [-0.2, 0) is 13.9 Å². The topological polar surface area (TPSA) is 55.8 Å². The number of ether oxygens (including phenoxy) is 1. The van der Waals surface area contributed by atoms with Crippen molar-refractivity contribution in [3.8, 4) is 0 Å². The van der Waals surface area contributed by atoms with Gasteiger partial charge in [-0.15, -0.1) is 11.8 Å². The molecule has 0 spiro atoms. The summed E-state index contributed by atoms with van der Waals surface area (Å²) >= 11 is 1.27. The number of fused-ring (bicyclic) bond motifs is 1. The predicted molar refractivity (Wildman–Crippen MR) is 79.6 cm³/mol. The van der Waals surface area contributed by atoms with Crippen LogP contribution in [0.3, 0.4) is 0 Å². The number of esters is 1. The summed E-state index contributed by atoms with van der Waals surface area (Å²) in [6.45, 7) is 3.71. The van der Waals surface area contributed by atoms with Gasteiger partial charge in [-0.1, -0.05) is 6.07 Å². The van der Waals surface area contributed by atoms with E-state index in [1.807, 2.05) is 13.1 Å². The predicted octanol–water partition coefficient (Wildman–Crippen LogP) is 0.611. The van der Waals surface area contributed by atoms with Crippen LogP contribution in [0.4, 0.5) is 4.39 Å². The van der Waals surface area contributed by atoms with E-state index in [0.29, 0.717) is 21.3 Å². The molecule has 0 amide bonds. The number of halogens is 1. The van der Waals surface area contributed by atoms with Crippen molar-refractivity contribution in [1.82, 2.24) is 0 Å². The first kappa shape index (κ1) is 15.6. The molecular formula is C12H16BFO4SSi. The van der Waals surface area contributed by atoms with Gasteiger partial charge in [0.25, 0.3) is 0 Å². The van der Waals surface area contributed by atoms with Crippen LogP contribution in [0.25, 0.3) is 0 Å². The molecule has 1 aliphatic heterocycles. The molecule has 20 heavy (non-hydrogen) atoms. The number of rotatable bonds is 4. The molecule has 0 bridgehead atoms. The largest absolute Gasteiger partial charge is 0.480 e. The maximum absolute atomic E-state index is 14.6. The summed E-state index contributed by atoms with van der Waals surface area (Å²) in [6.07, 6.45) is 0.234. The van der Waals surface area contributed by atoms with Gasteiger partial charge >= 0.3 is 13.1 Å². The van der Waals surface area contributed by atoms with Crippen LogP contribution in [0.5, 0.6) is 0 Å². The molecule has 1 aliphatic rings. The molecule has 1 aromatic carbocycles. The molecular weight excluding hydrogens is 298 g/mol. The fourth-order valence-corrected chi connectivity index (χ4v) is 5.59. The number of methoxy groups -OCH3 is 1. The van der Waals surface area contributed by atoms with E-state index >= 15 is 0 Å². The van der Waals surface area contributed by atoms with E-state index in [9.17, 15) is 14.2 Å². The Morgan fingerprint density at radius 1 is 1.55 bits per heavy atom. The van der Waals surface area contributed by atoms with E-state index in [2.05, 4.69) is 4.74 Å². The molecule has 1 heterocycles. The summed E-state index contributed by atoms with van der Waals surface area (Å²) in [4.78, 5) is 11.5. The number of thioether (sulfide) groups is 1. The van der Waals surface area contributed by atoms with Gasteiger partial charge < -0.3 is 14.1 Å². The second kappa shape index (κ2) is 5.89. The lowest BCUT2D eigenvalue weighted by Gasteiger charge is -2.18. The molecule has 0 atom stereocenters. The van der Waals surface area contributed by atoms with Gasteiger partial charge in [-0.25, -0.2) is 4.39 Å². The molecule has 4 nitrogen and oxygen atoms in total. The first-order valence-corrected chi connectivity index (χ1v) is 10.1. The number of carbonyl (C=O) groups is 1. The second-order valence-corrected chi connectivity index (χ2v) is 9.89. The van der Waals surface area contributed by atoms with Crippen LogP contribution in [0.2, 0.25) is 13.1 Å². The zero-order valence-electron chi connectivity index (χ0n) is 11.6. The smallest absolute Gasteiger partial charge is 0.469 e. The van der Waals surface area contributed by atoms with Gasteiger partial charge in [0.15, 0.2) is 0 Å². The number of carbonyl (C=O) groups excluding carboxylic acids is 1. The molecule has 0 saturated heterocycles. The molecule has 0 aromatic heterocycles. The van der Waals surface area contributed by atoms with E-state index in [4.69, 9.17) is 4.34 Å². The molecule has 1 N–H and O–H groups in total. The summed E-state index contributed by atoms with van der Waals surface area (Å²) < 4.78 is 24.6. The SMILES string of the molecule is COC(=O)CCSc1ccc2c(c1F)[Si](C)(C)OB2O. The van der Waals surface area contributed by atoms with Crippen LogP contribution in [-0.4, -0.2) is 39.3 Å². The molecule has 108 valence electrons. The monoisotopic (exact) mass is 314 g/mol. The van der Waals surface area contributed by atoms with Gasteiger partial charge in [0.1, 0.15) is 5.82 Å². The van der Waals surface area contributed by atoms with E-state index in [0.717, 1.165) is 0 Å². The summed E-state index contributed by atoms with van der Waals surface area (Å²) in [5.41, 5.74) is 0.525. The Hall–Kier alpha value is -0.828. The number of hydrogen-bond donors (Lipinski definition) is 1. The fraction of sp³-hybridized carbons (Fsp3) is 0.417. The van der Waals surface area contributed by atoms with Gasteiger partial charge in [0, 0.05) is 15.8 Å². The van der Waals surface area contributed by atoms with Gasteiger partial charge in [-0.3, -0.25) is 4.79 Å². The van der Waals surface area contributed by atoms with Crippen molar-refractivity contribution in [2.45, 2.75) is 24.4 Å². The van der Waals surface area contributed by atoms with Gasteiger partial charge in [-0.05, 0) is 24.6 Å².